The minimum absolute atomic E-state index is 0.269. The Kier molecular flexibility index (Phi) is 6.49. The van der Waals surface area contributed by atoms with Crippen molar-refractivity contribution in [3.8, 4) is 17.5 Å². The normalized spacial score (nSPS) is 11.5. The molecule has 0 saturated heterocycles. The lowest BCUT2D eigenvalue weighted by molar-refractivity contribution is 0.225. The van der Waals surface area contributed by atoms with Gasteiger partial charge in [-0.2, -0.15) is 5.26 Å². The molecule has 0 aliphatic carbocycles. The molecule has 0 aliphatic heterocycles. The molecule has 168 valence electrons. The minimum atomic E-state index is -0.593. The number of hydrogen-bond donors (Lipinski definition) is 0. The number of halogens is 1. The van der Waals surface area contributed by atoms with Crippen molar-refractivity contribution in [1.82, 2.24) is 14.5 Å². The summed E-state index contributed by atoms with van der Waals surface area (Å²) in [6.45, 7) is 5.93. The fourth-order valence-corrected chi connectivity index (χ4v) is 5.10. The van der Waals surface area contributed by atoms with Crippen LogP contribution in [0.3, 0.4) is 0 Å². The third-order valence-electron chi connectivity index (χ3n) is 4.92. The summed E-state index contributed by atoms with van der Waals surface area (Å²) in [5, 5.41) is 9.49. The van der Waals surface area contributed by atoms with E-state index in [1.54, 1.807) is 18.5 Å². The molecule has 0 aliphatic rings. The second-order valence-electron chi connectivity index (χ2n) is 8.03. The second kappa shape index (κ2) is 9.33. The maximum atomic E-state index is 13.5. The number of thiazole rings is 1. The van der Waals surface area contributed by atoms with Crippen molar-refractivity contribution in [1.29, 1.82) is 5.26 Å². The Bertz CT molecular complexity index is 1420. The summed E-state index contributed by atoms with van der Waals surface area (Å²) < 4.78 is 22.2. The van der Waals surface area contributed by atoms with E-state index in [2.05, 4.69) is 16.0 Å². The first-order chi connectivity index (χ1) is 15.8. The van der Waals surface area contributed by atoms with E-state index in [9.17, 15) is 14.4 Å². The van der Waals surface area contributed by atoms with Crippen molar-refractivity contribution in [2.45, 2.75) is 36.6 Å². The predicted molar refractivity (Wildman–Crippen MR) is 128 cm³/mol. The predicted octanol–water partition coefficient (Wildman–Crippen LogP) is 5.62. The van der Waals surface area contributed by atoms with E-state index in [-0.39, 0.29) is 23.0 Å². The van der Waals surface area contributed by atoms with Crippen molar-refractivity contribution in [2.75, 3.05) is 6.61 Å². The molecular weight excluding hydrogens is 459 g/mol. The Morgan fingerprint density at radius 3 is 2.85 bits per heavy atom. The first-order valence-corrected chi connectivity index (χ1v) is 11.9. The summed E-state index contributed by atoms with van der Waals surface area (Å²) >= 11 is 2.48. The van der Waals surface area contributed by atoms with Gasteiger partial charge in [0.25, 0.3) is 5.56 Å². The van der Waals surface area contributed by atoms with Crippen LogP contribution < -0.4 is 10.3 Å². The number of aryl methyl sites for hydroxylation is 1. The zero-order valence-electron chi connectivity index (χ0n) is 18.3. The Balaban J connectivity index is 1.62. The molecule has 4 aromatic rings. The monoisotopic (exact) mass is 480 g/mol. The van der Waals surface area contributed by atoms with Gasteiger partial charge in [0.2, 0.25) is 0 Å². The smallest absolute Gasteiger partial charge is 0.288 e. The van der Waals surface area contributed by atoms with Gasteiger partial charge in [0, 0.05) is 18.1 Å². The van der Waals surface area contributed by atoms with Crippen molar-refractivity contribution in [2.24, 2.45) is 5.41 Å². The fraction of sp³-hybridized carbons (Fsp3) is 0.250. The Labute approximate surface area is 198 Å². The van der Waals surface area contributed by atoms with Crippen LogP contribution in [-0.4, -0.2) is 21.1 Å². The number of hydrogen-bond acceptors (Lipinski definition) is 7. The number of fused-ring (bicyclic) bond motifs is 1. The molecule has 9 heteroatoms. The van der Waals surface area contributed by atoms with Crippen LogP contribution in [0.1, 0.15) is 26.3 Å². The number of nitrogens with zero attached hydrogens (tertiary/aromatic N) is 4. The molecule has 2 aromatic heterocycles. The SMILES string of the molecule is CCc1cc(-n2ccnc(Sc3nc4ccc(F)cc4s3)c2=O)ccc1OCC(C)(C)C#N. The summed E-state index contributed by atoms with van der Waals surface area (Å²) in [5.41, 5.74) is 1.45. The fourth-order valence-electron chi connectivity index (χ4n) is 3.09. The largest absolute Gasteiger partial charge is 0.492 e. The molecule has 0 N–H and O–H groups in total. The van der Waals surface area contributed by atoms with Crippen molar-refractivity contribution < 1.29 is 9.13 Å². The molecule has 33 heavy (non-hydrogen) atoms. The van der Waals surface area contributed by atoms with E-state index >= 15 is 0 Å². The molecule has 0 radical (unpaired) electrons. The van der Waals surface area contributed by atoms with Crippen molar-refractivity contribution in [3.63, 3.8) is 0 Å². The van der Waals surface area contributed by atoms with Crippen LogP contribution in [0.5, 0.6) is 5.75 Å². The summed E-state index contributed by atoms with van der Waals surface area (Å²) in [4.78, 5) is 21.9. The first-order valence-electron chi connectivity index (χ1n) is 10.3. The zero-order valence-corrected chi connectivity index (χ0v) is 20.0. The molecule has 6 nitrogen and oxygen atoms in total. The van der Waals surface area contributed by atoms with Gasteiger partial charge < -0.3 is 4.74 Å². The lowest BCUT2D eigenvalue weighted by Gasteiger charge is -2.18. The Morgan fingerprint density at radius 2 is 2.09 bits per heavy atom. The van der Waals surface area contributed by atoms with Gasteiger partial charge in [-0.15, -0.1) is 11.3 Å². The highest BCUT2D eigenvalue weighted by molar-refractivity contribution is 8.01. The maximum absolute atomic E-state index is 13.5. The molecule has 2 aromatic carbocycles. The molecule has 0 amide bonds. The van der Waals surface area contributed by atoms with E-state index in [1.807, 2.05) is 39.0 Å². The van der Waals surface area contributed by atoms with Crippen LogP contribution in [0.2, 0.25) is 0 Å². The van der Waals surface area contributed by atoms with Gasteiger partial charge in [-0.25, -0.2) is 14.4 Å². The first kappa shape index (κ1) is 23.0. The van der Waals surface area contributed by atoms with Crippen LogP contribution in [0.25, 0.3) is 15.9 Å². The third-order valence-corrected chi connectivity index (χ3v) is 6.97. The van der Waals surface area contributed by atoms with Crippen LogP contribution in [0.15, 0.2) is 63.0 Å². The van der Waals surface area contributed by atoms with Gasteiger partial charge in [-0.1, -0.05) is 6.92 Å². The molecule has 0 unspecified atom stereocenters. The highest BCUT2D eigenvalue weighted by Crippen LogP contribution is 2.33. The standard InChI is InChI=1S/C24H21FN4O2S2/c1-4-15-11-17(6-8-19(15)31-14-24(2,3)13-26)29-10-9-27-21(22(29)30)33-23-28-18-7-5-16(25)12-20(18)32-23/h5-12H,4,14H2,1-3H3. The van der Waals surface area contributed by atoms with Crippen LogP contribution in [0, 0.1) is 22.6 Å². The van der Waals surface area contributed by atoms with Gasteiger partial charge in [0.1, 0.15) is 18.2 Å². The minimum Gasteiger partial charge on any atom is -0.492 e. The molecule has 0 fully saturated rings. The maximum Gasteiger partial charge on any atom is 0.288 e. The average Bonchev–Trinajstić information content (AvgIpc) is 3.20. The summed E-state index contributed by atoms with van der Waals surface area (Å²) in [6.07, 6.45) is 3.90. The second-order valence-corrected chi connectivity index (χ2v) is 10.3. The van der Waals surface area contributed by atoms with E-state index in [1.165, 1.54) is 39.8 Å². The number of ether oxygens (including phenoxy) is 1. The van der Waals surface area contributed by atoms with E-state index in [4.69, 9.17) is 4.74 Å². The van der Waals surface area contributed by atoms with Crippen LogP contribution in [-0.2, 0) is 6.42 Å². The third kappa shape index (κ3) is 5.07. The summed E-state index contributed by atoms with van der Waals surface area (Å²) in [7, 11) is 0. The molecule has 0 saturated carbocycles. The van der Waals surface area contributed by atoms with Gasteiger partial charge in [-0.05, 0) is 74.0 Å². The van der Waals surface area contributed by atoms with E-state index in [0.29, 0.717) is 27.7 Å². The molecule has 4 rings (SSSR count). The van der Waals surface area contributed by atoms with Crippen LogP contribution in [0.4, 0.5) is 4.39 Å². The lowest BCUT2D eigenvalue weighted by atomic mass is 9.97. The molecule has 0 spiro atoms. The van der Waals surface area contributed by atoms with E-state index < -0.39 is 5.41 Å². The number of aromatic nitrogens is 3. The van der Waals surface area contributed by atoms with Crippen molar-refractivity contribution >= 4 is 33.3 Å². The van der Waals surface area contributed by atoms with E-state index in [0.717, 1.165) is 10.3 Å². The Morgan fingerprint density at radius 1 is 1.27 bits per heavy atom. The average molecular weight is 481 g/mol. The van der Waals surface area contributed by atoms with Crippen LogP contribution >= 0.6 is 23.1 Å². The highest BCUT2D eigenvalue weighted by atomic mass is 32.2. The molecular formula is C24H21FN4O2S2. The number of nitriles is 1. The van der Waals surface area contributed by atoms with Crippen molar-refractivity contribution in [3.05, 3.63) is 70.5 Å². The lowest BCUT2D eigenvalue weighted by Crippen LogP contribution is -2.21. The topological polar surface area (TPSA) is 80.8 Å². The summed E-state index contributed by atoms with van der Waals surface area (Å²) in [6, 6.07) is 12.2. The molecule has 0 atom stereocenters. The summed E-state index contributed by atoms with van der Waals surface area (Å²) in [5.74, 6) is 0.376. The zero-order chi connectivity index (χ0) is 23.6. The molecule has 0 bridgehead atoms. The number of benzene rings is 2. The highest BCUT2D eigenvalue weighted by Gasteiger charge is 2.19. The van der Waals surface area contributed by atoms with Gasteiger partial charge in [0.05, 0.1) is 21.7 Å². The molecule has 2 heterocycles. The Hall–Kier alpha value is -3.22. The number of rotatable bonds is 7. The van der Waals surface area contributed by atoms with Gasteiger partial charge in [0.15, 0.2) is 9.37 Å². The van der Waals surface area contributed by atoms with Gasteiger partial charge in [-0.3, -0.25) is 9.36 Å². The van der Waals surface area contributed by atoms with Gasteiger partial charge >= 0.3 is 0 Å². The quantitative estimate of drug-likeness (QED) is 0.341.